The fourth-order valence-corrected chi connectivity index (χ4v) is 6.41. The van der Waals surface area contributed by atoms with Crippen molar-refractivity contribution in [2.45, 2.75) is 49.5 Å². The van der Waals surface area contributed by atoms with Crippen molar-refractivity contribution in [3.63, 3.8) is 0 Å². The van der Waals surface area contributed by atoms with Crippen LogP contribution < -0.4 is 0 Å². The normalized spacial score (nSPS) is 19.8. The summed E-state index contributed by atoms with van der Waals surface area (Å²) in [5.41, 5.74) is 3.06. The summed E-state index contributed by atoms with van der Waals surface area (Å²) < 4.78 is 32.0. The molecule has 2 aliphatic rings. The Kier molecular flexibility index (Phi) is 4.64. The second-order valence-corrected chi connectivity index (χ2v) is 10.7. The molecule has 1 aliphatic carbocycles. The summed E-state index contributed by atoms with van der Waals surface area (Å²) >= 11 is 0. The molecule has 10 heteroatoms. The minimum absolute atomic E-state index is 0.183. The Hall–Kier alpha value is -3.84. The molecule has 4 heterocycles. The van der Waals surface area contributed by atoms with Crippen LogP contribution in [0.2, 0.25) is 0 Å². The second-order valence-electron chi connectivity index (χ2n) is 8.90. The van der Waals surface area contributed by atoms with Gasteiger partial charge in [0, 0.05) is 24.4 Å². The summed E-state index contributed by atoms with van der Waals surface area (Å²) in [4.78, 5) is 4.68. The highest BCUT2D eigenvalue weighted by molar-refractivity contribution is 7.85. The predicted octanol–water partition coefficient (Wildman–Crippen LogP) is 3.27. The van der Waals surface area contributed by atoms with Gasteiger partial charge in [0.1, 0.15) is 22.5 Å². The molecular weight excluding hydrogens is 450 g/mol. The van der Waals surface area contributed by atoms with Gasteiger partial charge >= 0.3 is 15.8 Å². The number of nitrogens with zero attached hydrogens (tertiary/aromatic N) is 7. The van der Waals surface area contributed by atoms with Gasteiger partial charge in [-0.25, -0.2) is 0 Å². The van der Waals surface area contributed by atoms with Gasteiger partial charge in [-0.3, -0.25) is 4.40 Å². The van der Waals surface area contributed by atoms with Crippen molar-refractivity contribution in [3.05, 3.63) is 71.6 Å². The van der Waals surface area contributed by atoms with E-state index in [0.29, 0.717) is 29.5 Å². The lowest BCUT2D eigenvalue weighted by atomic mass is 10.1. The zero-order valence-electron chi connectivity index (χ0n) is 18.5. The van der Waals surface area contributed by atoms with Crippen LogP contribution in [0.15, 0.2) is 53.8 Å². The quantitative estimate of drug-likeness (QED) is 0.422. The molecule has 1 saturated carbocycles. The summed E-state index contributed by atoms with van der Waals surface area (Å²) in [5.74, 6) is 1.42. The van der Waals surface area contributed by atoms with E-state index >= 15 is 0 Å². The summed E-state index contributed by atoms with van der Waals surface area (Å²) in [6, 6.07) is 11.1. The number of rotatable bonds is 4. The SMILES string of the molecule is Cc1ccc(S(=O)(=O)[N+]2=CCc3c2ncc2nnc([C@@H]4CC[C@H](n5ccc(C#N)c5)C4)n32)cc1. The molecule has 3 aromatic heterocycles. The van der Waals surface area contributed by atoms with Gasteiger partial charge in [0.05, 0.1) is 18.2 Å². The molecule has 0 radical (unpaired) electrons. The molecule has 2 atom stereocenters. The molecule has 1 aliphatic heterocycles. The molecule has 1 fully saturated rings. The lowest BCUT2D eigenvalue weighted by Gasteiger charge is -2.13. The molecule has 1 aromatic carbocycles. The fourth-order valence-electron chi connectivity index (χ4n) is 5.05. The molecule has 4 aromatic rings. The zero-order chi connectivity index (χ0) is 23.4. The molecule has 6 rings (SSSR count). The standard InChI is InChI=1S/C24H22N7O2S/c1-16-2-6-20(7-3-16)34(32,33)30-11-9-21-24(30)26-14-22-27-28-23(31(21)22)18-4-5-19(12-18)29-10-8-17(13-25)15-29/h2-3,6-8,10-11,14-15,18-19H,4-5,9,12H2,1H3/q+1/t18-,19+/m1/s1. The lowest BCUT2D eigenvalue weighted by molar-refractivity contribution is -0.257. The van der Waals surface area contributed by atoms with Crippen LogP contribution >= 0.6 is 0 Å². The topological polar surface area (TPSA) is 109 Å². The molecule has 0 spiro atoms. The van der Waals surface area contributed by atoms with Crippen molar-refractivity contribution in [2.75, 3.05) is 0 Å². The van der Waals surface area contributed by atoms with Gasteiger partial charge < -0.3 is 4.57 Å². The van der Waals surface area contributed by atoms with Crippen molar-refractivity contribution in [1.29, 1.82) is 5.26 Å². The van der Waals surface area contributed by atoms with E-state index in [0.717, 1.165) is 36.3 Å². The third kappa shape index (κ3) is 3.15. The highest BCUT2D eigenvalue weighted by Gasteiger charge is 2.38. The van der Waals surface area contributed by atoms with Crippen molar-refractivity contribution in [3.8, 4) is 6.07 Å². The van der Waals surface area contributed by atoms with Gasteiger partial charge in [0.2, 0.25) is 5.65 Å². The van der Waals surface area contributed by atoms with Crippen LogP contribution in [0.1, 0.15) is 53.9 Å². The minimum atomic E-state index is -3.77. The van der Waals surface area contributed by atoms with E-state index < -0.39 is 10.0 Å². The van der Waals surface area contributed by atoms with Crippen LogP contribution in [0, 0.1) is 18.3 Å². The Labute approximate surface area is 196 Å². The highest BCUT2D eigenvalue weighted by Crippen LogP contribution is 2.41. The zero-order valence-corrected chi connectivity index (χ0v) is 19.4. The average Bonchev–Trinajstić information content (AvgIpc) is 3.63. The third-order valence-electron chi connectivity index (χ3n) is 6.82. The Bertz CT molecular complexity index is 1610. The Morgan fingerprint density at radius 3 is 2.74 bits per heavy atom. The second kappa shape index (κ2) is 7.60. The maximum atomic E-state index is 13.3. The van der Waals surface area contributed by atoms with Gasteiger partial charge in [0.25, 0.3) is 0 Å². The molecule has 0 amide bonds. The van der Waals surface area contributed by atoms with Crippen LogP contribution in [0.4, 0.5) is 5.82 Å². The third-order valence-corrected chi connectivity index (χ3v) is 8.52. The lowest BCUT2D eigenvalue weighted by Crippen LogP contribution is -2.17. The smallest absolute Gasteiger partial charge is 0.350 e. The summed E-state index contributed by atoms with van der Waals surface area (Å²) in [6.07, 6.45) is 10.3. The summed E-state index contributed by atoms with van der Waals surface area (Å²) in [6.45, 7) is 1.92. The van der Waals surface area contributed by atoms with E-state index in [4.69, 9.17) is 5.26 Å². The molecule has 0 N–H and O–H groups in total. The monoisotopic (exact) mass is 472 g/mol. The van der Waals surface area contributed by atoms with Gasteiger partial charge in [-0.2, -0.15) is 13.7 Å². The Balaban J connectivity index is 1.35. The molecule has 34 heavy (non-hydrogen) atoms. The maximum absolute atomic E-state index is 13.3. The van der Waals surface area contributed by atoms with Crippen molar-refractivity contribution in [2.24, 2.45) is 0 Å². The molecule has 0 bridgehead atoms. The van der Waals surface area contributed by atoms with Gasteiger partial charge in [-0.05, 0) is 49.4 Å². The highest BCUT2D eigenvalue weighted by atomic mass is 32.2. The first-order chi connectivity index (χ1) is 16.5. The largest absolute Gasteiger partial charge is 0.358 e. The molecule has 9 nitrogen and oxygen atoms in total. The number of hydrogen-bond acceptors (Lipinski definition) is 6. The van der Waals surface area contributed by atoms with E-state index in [2.05, 4.69) is 25.8 Å². The summed E-state index contributed by atoms with van der Waals surface area (Å²) in [5, 5.41) is 17.9. The molecule has 170 valence electrons. The minimum Gasteiger partial charge on any atom is -0.350 e. The number of sulfonamides is 1. The van der Waals surface area contributed by atoms with E-state index in [1.807, 2.05) is 29.8 Å². The first kappa shape index (κ1) is 20.7. The average molecular weight is 473 g/mol. The number of aromatic nitrogens is 5. The number of hydrogen-bond donors (Lipinski definition) is 0. The number of aryl methyl sites for hydroxylation is 1. The van der Waals surface area contributed by atoms with Crippen LogP contribution in [0.25, 0.3) is 5.65 Å². The first-order valence-corrected chi connectivity index (χ1v) is 12.6. The number of nitriles is 1. The molecule has 0 saturated heterocycles. The molecular formula is C24H22N7O2S+. The van der Waals surface area contributed by atoms with E-state index in [-0.39, 0.29) is 10.8 Å². The number of fused-ring (bicyclic) bond motifs is 3. The Morgan fingerprint density at radius 1 is 1.15 bits per heavy atom. The van der Waals surface area contributed by atoms with Crippen LogP contribution in [-0.2, 0) is 16.4 Å². The van der Waals surface area contributed by atoms with Crippen LogP contribution in [0.3, 0.4) is 0 Å². The van der Waals surface area contributed by atoms with Crippen molar-refractivity contribution < 1.29 is 12.4 Å². The van der Waals surface area contributed by atoms with Gasteiger partial charge in [0.15, 0.2) is 6.20 Å². The van der Waals surface area contributed by atoms with E-state index in [1.165, 1.54) is 3.98 Å². The number of benzene rings is 1. The fraction of sp³-hybridized carbons (Fsp3) is 0.292. The van der Waals surface area contributed by atoms with Crippen LogP contribution in [-0.4, -0.2) is 42.8 Å². The van der Waals surface area contributed by atoms with E-state index in [9.17, 15) is 8.42 Å². The first-order valence-electron chi connectivity index (χ1n) is 11.2. The summed E-state index contributed by atoms with van der Waals surface area (Å²) in [7, 11) is -3.77. The molecule has 0 unspecified atom stereocenters. The Morgan fingerprint density at radius 2 is 1.97 bits per heavy atom. The van der Waals surface area contributed by atoms with Crippen LogP contribution in [0.5, 0.6) is 0 Å². The predicted molar refractivity (Wildman–Crippen MR) is 124 cm³/mol. The van der Waals surface area contributed by atoms with Crippen molar-refractivity contribution >= 4 is 27.7 Å². The van der Waals surface area contributed by atoms with Gasteiger partial charge in [-0.1, -0.05) is 17.7 Å². The van der Waals surface area contributed by atoms with Gasteiger partial charge in [-0.15, -0.1) is 14.2 Å². The van der Waals surface area contributed by atoms with E-state index in [1.54, 1.807) is 36.7 Å². The van der Waals surface area contributed by atoms with Crippen molar-refractivity contribution in [1.82, 2.24) is 24.1 Å². The maximum Gasteiger partial charge on any atom is 0.358 e.